The van der Waals surface area contributed by atoms with Crippen LogP contribution in [0.15, 0.2) is 12.3 Å². The van der Waals surface area contributed by atoms with Gasteiger partial charge in [0.25, 0.3) is 0 Å². The van der Waals surface area contributed by atoms with Crippen LogP contribution in [-0.2, 0) is 4.79 Å². The van der Waals surface area contributed by atoms with E-state index in [-0.39, 0.29) is 12.5 Å². The highest BCUT2D eigenvalue weighted by Crippen LogP contribution is 2.07. The number of nitrogens with one attached hydrogen (secondary N) is 2. The van der Waals surface area contributed by atoms with Crippen LogP contribution in [0.25, 0.3) is 0 Å². The quantitative estimate of drug-likeness (QED) is 0.759. The minimum absolute atomic E-state index is 0.0749. The fraction of sp³-hybridized carbons (Fsp3) is 0.583. The van der Waals surface area contributed by atoms with Gasteiger partial charge < -0.3 is 15.4 Å². The van der Waals surface area contributed by atoms with Gasteiger partial charge in [-0.05, 0) is 12.8 Å². The van der Waals surface area contributed by atoms with Crippen LogP contribution in [-0.4, -0.2) is 35.6 Å². The van der Waals surface area contributed by atoms with E-state index < -0.39 is 0 Å². The van der Waals surface area contributed by atoms with E-state index in [1.165, 1.54) is 0 Å². The van der Waals surface area contributed by atoms with Gasteiger partial charge in [-0.3, -0.25) is 4.79 Å². The number of amides is 1. The molecule has 18 heavy (non-hydrogen) atoms. The molecule has 0 aliphatic carbocycles. The van der Waals surface area contributed by atoms with Crippen molar-refractivity contribution in [3.63, 3.8) is 0 Å². The van der Waals surface area contributed by atoms with E-state index in [1.54, 1.807) is 12.3 Å². The van der Waals surface area contributed by atoms with Crippen molar-refractivity contribution >= 4 is 11.9 Å². The van der Waals surface area contributed by atoms with Gasteiger partial charge in [-0.15, -0.1) is 0 Å². The standard InChI is InChI=1S/C12H20N4O2/c1-4-18-11-5-6-13-12(16-11)15-8-10(17)14-7-9(2)3/h5-6,9H,4,7-8H2,1-3H3,(H,14,17)(H,13,15,16). The second kappa shape index (κ2) is 7.47. The van der Waals surface area contributed by atoms with Crippen LogP contribution in [0, 0.1) is 5.92 Å². The van der Waals surface area contributed by atoms with Crippen molar-refractivity contribution in [1.29, 1.82) is 0 Å². The fourth-order valence-electron chi connectivity index (χ4n) is 1.20. The first-order chi connectivity index (χ1) is 8.61. The topological polar surface area (TPSA) is 76.1 Å². The zero-order valence-corrected chi connectivity index (χ0v) is 11.1. The van der Waals surface area contributed by atoms with Gasteiger partial charge in [0.1, 0.15) is 0 Å². The van der Waals surface area contributed by atoms with Crippen molar-refractivity contribution in [2.45, 2.75) is 20.8 Å². The summed E-state index contributed by atoms with van der Waals surface area (Å²) in [4.78, 5) is 19.6. The molecule has 1 aromatic heterocycles. The Labute approximate surface area is 107 Å². The van der Waals surface area contributed by atoms with E-state index in [0.29, 0.717) is 30.9 Å². The highest BCUT2D eigenvalue weighted by atomic mass is 16.5. The van der Waals surface area contributed by atoms with Crippen molar-refractivity contribution in [3.8, 4) is 5.88 Å². The molecule has 0 spiro atoms. The Bertz CT molecular complexity index is 382. The molecule has 1 heterocycles. The monoisotopic (exact) mass is 252 g/mol. The summed E-state index contributed by atoms with van der Waals surface area (Å²) in [7, 11) is 0. The number of carbonyl (C=O) groups is 1. The SMILES string of the molecule is CCOc1ccnc(NCC(=O)NCC(C)C)n1. The van der Waals surface area contributed by atoms with Crippen molar-refractivity contribution in [1.82, 2.24) is 15.3 Å². The highest BCUT2D eigenvalue weighted by Gasteiger charge is 2.04. The first-order valence-electron chi connectivity index (χ1n) is 6.08. The molecule has 6 heteroatoms. The first kappa shape index (κ1) is 14.2. The molecule has 1 aromatic rings. The molecule has 0 aromatic carbocycles. The van der Waals surface area contributed by atoms with E-state index in [1.807, 2.05) is 20.8 Å². The Morgan fingerprint density at radius 2 is 2.28 bits per heavy atom. The summed E-state index contributed by atoms with van der Waals surface area (Å²) in [6.07, 6.45) is 1.59. The third kappa shape index (κ3) is 5.47. The number of hydrogen-bond acceptors (Lipinski definition) is 5. The summed E-state index contributed by atoms with van der Waals surface area (Å²) >= 11 is 0. The number of anilines is 1. The number of hydrogen-bond donors (Lipinski definition) is 2. The van der Waals surface area contributed by atoms with Gasteiger partial charge in [-0.2, -0.15) is 4.98 Å². The number of rotatable bonds is 7. The van der Waals surface area contributed by atoms with Gasteiger partial charge >= 0.3 is 0 Å². The van der Waals surface area contributed by atoms with E-state index >= 15 is 0 Å². The van der Waals surface area contributed by atoms with Gasteiger partial charge in [-0.1, -0.05) is 13.8 Å². The Kier molecular flexibility index (Phi) is 5.90. The van der Waals surface area contributed by atoms with Crippen LogP contribution >= 0.6 is 0 Å². The maximum Gasteiger partial charge on any atom is 0.239 e. The lowest BCUT2D eigenvalue weighted by atomic mass is 10.2. The van der Waals surface area contributed by atoms with Crippen LogP contribution in [0.1, 0.15) is 20.8 Å². The van der Waals surface area contributed by atoms with Crippen LogP contribution in [0.2, 0.25) is 0 Å². The molecule has 0 saturated carbocycles. The number of aromatic nitrogens is 2. The van der Waals surface area contributed by atoms with E-state index in [0.717, 1.165) is 0 Å². The number of carbonyl (C=O) groups excluding carboxylic acids is 1. The molecule has 0 aliphatic rings. The average Bonchev–Trinajstić information content (AvgIpc) is 2.35. The smallest absolute Gasteiger partial charge is 0.239 e. The molecular weight excluding hydrogens is 232 g/mol. The Morgan fingerprint density at radius 3 is 2.94 bits per heavy atom. The minimum atomic E-state index is -0.0749. The molecule has 0 aliphatic heterocycles. The molecule has 0 fully saturated rings. The predicted octanol–water partition coefficient (Wildman–Crippen LogP) is 1.06. The van der Waals surface area contributed by atoms with E-state index in [4.69, 9.17) is 4.74 Å². The van der Waals surface area contributed by atoms with Gasteiger partial charge in [-0.25, -0.2) is 4.98 Å². The molecule has 1 amide bonds. The maximum atomic E-state index is 11.5. The van der Waals surface area contributed by atoms with Crippen molar-refractivity contribution in [3.05, 3.63) is 12.3 Å². The maximum absolute atomic E-state index is 11.5. The second-order valence-corrected chi connectivity index (χ2v) is 4.20. The summed E-state index contributed by atoms with van der Waals surface area (Å²) < 4.78 is 5.24. The fourth-order valence-corrected chi connectivity index (χ4v) is 1.20. The Balaban J connectivity index is 2.38. The lowest BCUT2D eigenvalue weighted by Gasteiger charge is -2.09. The van der Waals surface area contributed by atoms with Gasteiger partial charge in [0.05, 0.1) is 13.2 Å². The predicted molar refractivity (Wildman–Crippen MR) is 69.5 cm³/mol. The molecule has 2 N–H and O–H groups in total. The van der Waals surface area contributed by atoms with Gasteiger partial charge in [0.15, 0.2) is 0 Å². The van der Waals surface area contributed by atoms with Crippen molar-refractivity contribution < 1.29 is 9.53 Å². The molecule has 0 bridgehead atoms. The molecule has 100 valence electrons. The van der Waals surface area contributed by atoms with Gasteiger partial charge in [0, 0.05) is 18.8 Å². The van der Waals surface area contributed by atoms with Crippen molar-refractivity contribution in [2.75, 3.05) is 25.0 Å². The molecule has 0 atom stereocenters. The lowest BCUT2D eigenvalue weighted by molar-refractivity contribution is -0.119. The van der Waals surface area contributed by atoms with Crippen LogP contribution < -0.4 is 15.4 Å². The summed E-state index contributed by atoms with van der Waals surface area (Å²) in [5.74, 6) is 1.25. The van der Waals surface area contributed by atoms with E-state index in [2.05, 4.69) is 20.6 Å². The Morgan fingerprint density at radius 1 is 1.50 bits per heavy atom. The minimum Gasteiger partial charge on any atom is -0.478 e. The molecule has 6 nitrogen and oxygen atoms in total. The number of ether oxygens (including phenoxy) is 1. The summed E-state index contributed by atoms with van der Waals surface area (Å²) in [6.45, 7) is 7.34. The molecular formula is C12H20N4O2. The average molecular weight is 252 g/mol. The van der Waals surface area contributed by atoms with Gasteiger partial charge in [0.2, 0.25) is 17.7 Å². The number of nitrogens with zero attached hydrogens (tertiary/aromatic N) is 2. The summed E-state index contributed by atoms with van der Waals surface area (Å²) in [5, 5.41) is 5.66. The third-order valence-corrected chi connectivity index (χ3v) is 2.04. The molecule has 1 rings (SSSR count). The van der Waals surface area contributed by atoms with Crippen LogP contribution in [0.3, 0.4) is 0 Å². The highest BCUT2D eigenvalue weighted by molar-refractivity contribution is 5.80. The van der Waals surface area contributed by atoms with E-state index in [9.17, 15) is 4.79 Å². The largest absolute Gasteiger partial charge is 0.478 e. The second-order valence-electron chi connectivity index (χ2n) is 4.20. The van der Waals surface area contributed by atoms with Crippen molar-refractivity contribution in [2.24, 2.45) is 5.92 Å². The first-order valence-corrected chi connectivity index (χ1v) is 6.08. The molecule has 0 radical (unpaired) electrons. The lowest BCUT2D eigenvalue weighted by Crippen LogP contribution is -2.32. The zero-order chi connectivity index (χ0) is 13.4. The molecule has 0 unspecified atom stereocenters. The van der Waals surface area contributed by atoms with Crippen LogP contribution in [0.5, 0.6) is 5.88 Å². The third-order valence-electron chi connectivity index (χ3n) is 2.04. The van der Waals surface area contributed by atoms with Crippen LogP contribution in [0.4, 0.5) is 5.95 Å². The molecule has 0 saturated heterocycles. The zero-order valence-electron chi connectivity index (χ0n) is 11.1. The summed E-state index contributed by atoms with van der Waals surface area (Å²) in [5.41, 5.74) is 0. The Hall–Kier alpha value is -1.85. The summed E-state index contributed by atoms with van der Waals surface area (Å²) in [6, 6.07) is 1.67. The normalized spacial score (nSPS) is 10.2.